The number of nitrogens with one attached hydrogen (secondary N) is 1. The van der Waals surface area contributed by atoms with Crippen molar-refractivity contribution >= 4 is 11.7 Å². The molecular formula is C22H35N3O. The summed E-state index contributed by atoms with van der Waals surface area (Å²) in [5, 5.41) is 3.05. The minimum atomic E-state index is 0.0490. The predicted molar refractivity (Wildman–Crippen MR) is 109 cm³/mol. The number of urea groups is 1. The van der Waals surface area contributed by atoms with E-state index in [-0.39, 0.29) is 6.03 Å². The van der Waals surface area contributed by atoms with Gasteiger partial charge in [0.2, 0.25) is 0 Å². The minimum absolute atomic E-state index is 0.0490. The number of benzene rings is 1. The summed E-state index contributed by atoms with van der Waals surface area (Å²) in [5.41, 5.74) is 2.19. The molecule has 4 nitrogen and oxygen atoms in total. The summed E-state index contributed by atoms with van der Waals surface area (Å²) in [5.74, 6) is 2.38. The van der Waals surface area contributed by atoms with Gasteiger partial charge in [0.25, 0.3) is 0 Å². The summed E-state index contributed by atoms with van der Waals surface area (Å²) in [6.07, 6.45) is 4.65. The first-order valence-electron chi connectivity index (χ1n) is 10.4. The second kappa shape index (κ2) is 8.90. The monoisotopic (exact) mass is 357 g/mol. The third-order valence-electron chi connectivity index (χ3n) is 5.98. The van der Waals surface area contributed by atoms with Gasteiger partial charge in [0.05, 0.1) is 0 Å². The SMILES string of the molecule is CCc1ccc(NC(=O)N2CCC(CN3C[C@H](C)C[C@H](C)C3)CC2)cc1. The number of piperidine rings is 2. The molecule has 1 aromatic carbocycles. The molecule has 2 amide bonds. The molecule has 1 aromatic rings. The first-order valence-corrected chi connectivity index (χ1v) is 10.4. The van der Waals surface area contributed by atoms with Gasteiger partial charge < -0.3 is 15.1 Å². The third kappa shape index (κ3) is 5.23. The van der Waals surface area contributed by atoms with Crippen molar-refractivity contribution in [1.29, 1.82) is 0 Å². The molecule has 2 saturated heterocycles. The van der Waals surface area contributed by atoms with E-state index in [9.17, 15) is 4.79 Å². The van der Waals surface area contributed by atoms with Gasteiger partial charge in [-0.05, 0) is 61.1 Å². The summed E-state index contributed by atoms with van der Waals surface area (Å²) >= 11 is 0. The van der Waals surface area contributed by atoms with Gasteiger partial charge in [-0.25, -0.2) is 4.79 Å². The zero-order valence-corrected chi connectivity index (χ0v) is 16.7. The molecule has 0 bridgehead atoms. The Morgan fingerprint density at radius 3 is 2.27 bits per heavy atom. The molecular weight excluding hydrogens is 322 g/mol. The molecule has 0 aromatic heterocycles. The van der Waals surface area contributed by atoms with E-state index >= 15 is 0 Å². The van der Waals surface area contributed by atoms with Crippen molar-refractivity contribution in [3.05, 3.63) is 29.8 Å². The maximum Gasteiger partial charge on any atom is 0.321 e. The highest BCUT2D eigenvalue weighted by atomic mass is 16.2. The van der Waals surface area contributed by atoms with E-state index < -0.39 is 0 Å². The number of rotatable bonds is 4. The van der Waals surface area contributed by atoms with Crippen molar-refractivity contribution in [2.45, 2.75) is 46.5 Å². The maximum absolute atomic E-state index is 12.5. The predicted octanol–water partition coefficient (Wildman–Crippen LogP) is 4.47. The highest BCUT2D eigenvalue weighted by molar-refractivity contribution is 5.89. The maximum atomic E-state index is 12.5. The van der Waals surface area contributed by atoms with Gasteiger partial charge in [0.15, 0.2) is 0 Å². The van der Waals surface area contributed by atoms with Crippen LogP contribution in [-0.4, -0.2) is 48.6 Å². The number of hydrogen-bond acceptors (Lipinski definition) is 2. The van der Waals surface area contributed by atoms with Crippen LogP contribution in [0.25, 0.3) is 0 Å². The first-order chi connectivity index (χ1) is 12.5. The summed E-state index contributed by atoms with van der Waals surface area (Å²) in [4.78, 5) is 17.1. The van der Waals surface area contributed by atoms with Gasteiger partial charge in [-0.1, -0.05) is 32.9 Å². The van der Waals surface area contributed by atoms with Crippen molar-refractivity contribution in [3.8, 4) is 0 Å². The van der Waals surface area contributed by atoms with Gasteiger partial charge in [0.1, 0.15) is 0 Å². The topological polar surface area (TPSA) is 35.6 Å². The van der Waals surface area contributed by atoms with Crippen LogP contribution in [0.3, 0.4) is 0 Å². The summed E-state index contributed by atoms with van der Waals surface area (Å²) in [6, 6.07) is 8.22. The number of likely N-dealkylation sites (tertiary alicyclic amines) is 2. The van der Waals surface area contributed by atoms with Crippen molar-refractivity contribution in [2.75, 3.05) is 38.0 Å². The van der Waals surface area contributed by atoms with Gasteiger partial charge in [-0.3, -0.25) is 0 Å². The van der Waals surface area contributed by atoms with Crippen LogP contribution in [0.4, 0.5) is 10.5 Å². The second-order valence-corrected chi connectivity index (χ2v) is 8.58. The molecule has 2 aliphatic rings. The molecule has 0 radical (unpaired) electrons. The molecule has 2 heterocycles. The fraction of sp³-hybridized carbons (Fsp3) is 0.682. The Hall–Kier alpha value is -1.55. The molecule has 144 valence electrons. The first kappa shape index (κ1) is 19.2. The van der Waals surface area contributed by atoms with Crippen LogP contribution in [0.1, 0.15) is 45.6 Å². The molecule has 0 unspecified atom stereocenters. The van der Waals surface area contributed by atoms with Crippen molar-refractivity contribution in [3.63, 3.8) is 0 Å². The molecule has 0 saturated carbocycles. The number of amides is 2. The van der Waals surface area contributed by atoms with Crippen LogP contribution in [0, 0.1) is 17.8 Å². The standard InChI is InChI=1S/C22H35N3O/c1-4-19-5-7-21(8-6-19)23-22(26)25-11-9-20(10-12-25)16-24-14-17(2)13-18(3)15-24/h5-8,17-18,20H,4,9-16H2,1-3H3,(H,23,26)/t17-,18+. The second-order valence-electron chi connectivity index (χ2n) is 8.58. The summed E-state index contributed by atoms with van der Waals surface area (Å²) in [7, 11) is 0. The highest BCUT2D eigenvalue weighted by Crippen LogP contribution is 2.25. The highest BCUT2D eigenvalue weighted by Gasteiger charge is 2.27. The Kier molecular flexibility index (Phi) is 6.58. The lowest BCUT2D eigenvalue weighted by molar-refractivity contribution is 0.101. The van der Waals surface area contributed by atoms with Crippen molar-refractivity contribution in [1.82, 2.24) is 9.80 Å². The number of hydrogen-bond donors (Lipinski definition) is 1. The molecule has 2 atom stereocenters. The Bertz CT molecular complexity index is 568. The Balaban J connectivity index is 1.43. The largest absolute Gasteiger partial charge is 0.325 e. The molecule has 3 rings (SSSR count). The van der Waals surface area contributed by atoms with E-state index in [1.54, 1.807) is 0 Å². The van der Waals surface area contributed by atoms with Crippen LogP contribution in [-0.2, 0) is 6.42 Å². The lowest BCUT2D eigenvalue weighted by Gasteiger charge is -2.39. The number of carbonyl (C=O) groups excluding carboxylic acids is 1. The molecule has 2 fully saturated rings. The lowest BCUT2D eigenvalue weighted by Crippen LogP contribution is -2.46. The molecule has 2 aliphatic heterocycles. The Morgan fingerprint density at radius 2 is 1.69 bits per heavy atom. The zero-order valence-electron chi connectivity index (χ0n) is 16.7. The quantitative estimate of drug-likeness (QED) is 0.863. The fourth-order valence-corrected chi connectivity index (χ4v) is 4.65. The Labute approximate surface area is 158 Å². The fourth-order valence-electron chi connectivity index (χ4n) is 4.65. The van der Waals surface area contributed by atoms with E-state index in [0.29, 0.717) is 0 Å². The van der Waals surface area contributed by atoms with Crippen LogP contribution in [0.5, 0.6) is 0 Å². The third-order valence-corrected chi connectivity index (χ3v) is 5.98. The van der Waals surface area contributed by atoms with Gasteiger partial charge in [0, 0.05) is 38.4 Å². The smallest absolute Gasteiger partial charge is 0.321 e. The van der Waals surface area contributed by atoms with E-state index in [2.05, 4.69) is 43.1 Å². The van der Waals surface area contributed by atoms with E-state index in [0.717, 1.165) is 55.8 Å². The lowest BCUT2D eigenvalue weighted by atomic mass is 9.89. The molecule has 1 N–H and O–H groups in total. The molecule has 4 heteroatoms. The molecule has 0 aliphatic carbocycles. The van der Waals surface area contributed by atoms with E-state index in [1.165, 1.54) is 31.6 Å². The summed E-state index contributed by atoms with van der Waals surface area (Å²) in [6.45, 7) is 12.4. The molecule has 26 heavy (non-hydrogen) atoms. The average Bonchev–Trinajstić information content (AvgIpc) is 2.62. The number of aryl methyl sites for hydroxylation is 1. The van der Waals surface area contributed by atoms with Crippen LogP contribution < -0.4 is 5.32 Å². The average molecular weight is 358 g/mol. The normalized spacial score (nSPS) is 25.3. The van der Waals surface area contributed by atoms with Crippen molar-refractivity contribution < 1.29 is 4.79 Å². The van der Waals surface area contributed by atoms with Crippen LogP contribution in [0.2, 0.25) is 0 Å². The zero-order chi connectivity index (χ0) is 18.5. The van der Waals surface area contributed by atoms with Crippen LogP contribution >= 0.6 is 0 Å². The summed E-state index contributed by atoms with van der Waals surface area (Å²) < 4.78 is 0. The number of anilines is 1. The minimum Gasteiger partial charge on any atom is -0.325 e. The number of nitrogens with zero attached hydrogens (tertiary/aromatic N) is 2. The number of carbonyl (C=O) groups is 1. The van der Waals surface area contributed by atoms with E-state index in [1.807, 2.05) is 17.0 Å². The molecule has 0 spiro atoms. The van der Waals surface area contributed by atoms with Gasteiger partial charge in [-0.15, -0.1) is 0 Å². The van der Waals surface area contributed by atoms with Crippen LogP contribution in [0.15, 0.2) is 24.3 Å². The van der Waals surface area contributed by atoms with E-state index in [4.69, 9.17) is 0 Å². The van der Waals surface area contributed by atoms with Crippen molar-refractivity contribution in [2.24, 2.45) is 17.8 Å². The van der Waals surface area contributed by atoms with Gasteiger partial charge in [-0.2, -0.15) is 0 Å². The van der Waals surface area contributed by atoms with Gasteiger partial charge >= 0.3 is 6.03 Å². The Morgan fingerprint density at radius 1 is 1.08 bits per heavy atom.